The Morgan fingerprint density at radius 2 is 1.69 bits per heavy atom. The van der Waals surface area contributed by atoms with Gasteiger partial charge in [-0.3, -0.25) is 4.79 Å². The van der Waals surface area contributed by atoms with Gasteiger partial charge < -0.3 is 10.2 Å². The molecule has 1 aromatic rings. The van der Waals surface area contributed by atoms with Gasteiger partial charge in [0.25, 0.3) is 0 Å². The fourth-order valence-electron chi connectivity index (χ4n) is 10.0. The van der Waals surface area contributed by atoms with Crippen LogP contribution in [0.15, 0.2) is 30.3 Å². The molecule has 3 aliphatic heterocycles. The number of rotatable bonds is 3. The number of hydrogen-bond donors (Lipinski definition) is 1. The molecule has 4 aliphatic carbocycles. The molecule has 7 aliphatic rings. The Balaban J connectivity index is 1.28. The van der Waals surface area contributed by atoms with Crippen molar-refractivity contribution in [1.82, 2.24) is 10.2 Å². The maximum absolute atomic E-state index is 14.1. The van der Waals surface area contributed by atoms with Crippen molar-refractivity contribution in [2.24, 2.45) is 22.2 Å². The summed E-state index contributed by atoms with van der Waals surface area (Å²) < 4.78 is 0. The summed E-state index contributed by atoms with van der Waals surface area (Å²) in [5, 5.41) is 3.73. The zero-order valence-electron chi connectivity index (χ0n) is 17.8. The maximum atomic E-state index is 14.1. The number of nitrogens with one attached hydrogen (secondary N) is 1. The van der Waals surface area contributed by atoms with Gasteiger partial charge in [0.15, 0.2) is 0 Å². The molecule has 1 amide bonds. The van der Waals surface area contributed by atoms with Crippen LogP contribution in [0.1, 0.15) is 70.3 Å². The highest BCUT2D eigenvalue weighted by Crippen LogP contribution is 2.88. The van der Waals surface area contributed by atoms with Gasteiger partial charge in [-0.05, 0) is 80.1 Å². The Morgan fingerprint density at radius 1 is 0.966 bits per heavy atom. The standard InChI is InChI=1S/C26H34N2O/c1-22-13-19-14-23(21(29)27-24-7-10-28(11-8-24)12-9-24)17-25(16-22,26(22,15-19)18-23)20-5-3-2-4-6-20/h2-6,19H,7-18H2,1H3,(H,27,29)/t19?,22-,23?,25+,26?/m1/s1. The van der Waals surface area contributed by atoms with Crippen LogP contribution in [0.2, 0.25) is 0 Å². The fourth-order valence-corrected chi connectivity index (χ4v) is 10.0. The third-order valence-electron chi connectivity index (χ3n) is 11.0. The smallest absolute Gasteiger partial charge is 0.226 e. The zero-order valence-corrected chi connectivity index (χ0v) is 17.8. The van der Waals surface area contributed by atoms with Crippen molar-refractivity contribution >= 4 is 5.91 Å². The Morgan fingerprint density at radius 3 is 2.41 bits per heavy atom. The SMILES string of the molecule is C[C@]12CC3CC4(C(=O)NC56CCN(CC5)CC6)CC1(C3)[C@](c1ccccc1)(C4)C2. The molecule has 7 fully saturated rings. The van der Waals surface area contributed by atoms with Crippen molar-refractivity contribution in [3.63, 3.8) is 0 Å². The van der Waals surface area contributed by atoms with Gasteiger partial charge in [0.2, 0.25) is 5.91 Å². The second-order valence-electron chi connectivity index (χ2n) is 12.2. The average Bonchev–Trinajstić information content (AvgIpc) is 3.02. The summed E-state index contributed by atoms with van der Waals surface area (Å²) in [5.74, 6) is 1.20. The summed E-state index contributed by atoms with van der Waals surface area (Å²) >= 11 is 0. The van der Waals surface area contributed by atoms with E-state index in [0.717, 1.165) is 44.4 Å². The summed E-state index contributed by atoms with van der Waals surface area (Å²) in [6.45, 7) is 6.08. The molecule has 3 saturated heterocycles. The molecule has 29 heavy (non-hydrogen) atoms. The number of carbonyl (C=O) groups is 1. The molecule has 3 heterocycles. The number of fused-ring (bicyclic) bond motifs is 5. The van der Waals surface area contributed by atoms with Gasteiger partial charge in [-0.2, -0.15) is 0 Å². The van der Waals surface area contributed by atoms with Crippen LogP contribution in [-0.2, 0) is 10.2 Å². The molecule has 3 unspecified atom stereocenters. The minimum absolute atomic E-state index is 0.0968. The molecular weight excluding hydrogens is 356 g/mol. The average molecular weight is 391 g/mol. The van der Waals surface area contributed by atoms with Crippen LogP contribution in [-0.4, -0.2) is 36.0 Å². The lowest BCUT2D eigenvalue weighted by Gasteiger charge is -2.66. The Labute approximate surface area is 174 Å². The van der Waals surface area contributed by atoms with Crippen LogP contribution >= 0.6 is 0 Å². The monoisotopic (exact) mass is 390 g/mol. The van der Waals surface area contributed by atoms with Gasteiger partial charge in [-0.25, -0.2) is 0 Å². The van der Waals surface area contributed by atoms with Crippen molar-refractivity contribution in [3.8, 4) is 0 Å². The second-order valence-corrected chi connectivity index (χ2v) is 12.2. The van der Waals surface area contributed by atoms with Gasteiger partial charge in [0, 0.05) is 30.6 Å². The van der Waals surface area contributed by atoms with E-state index >= 15 is 0 Å². The van der Waals surface area contributed by atoms with E-state index in [9.17, 15) is 4.79 Å². The molecule has 3 nitrogen and oxygen atoms in total. The largest absolute Gasteiger partial charge is 0.350 e. The van der Waals surface area contributed by atoms with E-state index in [1.54, 1.807) is 0 Å². The molecule has 8 rings (SSSR count). The number of piperidine rings is 3. The third kappa shape index (κ3) is 1.89. The van der Waals surface area contributed by atoms with Gasteiger partial charge in [0.1, 0.15) is 0 Å². The lowest BCUT2D eigenvalue weighted by atomic mass is 9.38. The summed E-state index contributed by atoms with van der Waals surface area (Å²) in [7, 11) is 0. The number of carbonyl (C=O) groups excluding carboxylic acids is 1. The molecule has 0 aromatic heterocycles. The normalized spacial score (nSPS) is 53.6. The molecule has 4 saturated carbocycles. The number of nitrogens with zero attached hydrogens (tertiary/aromatic N) is 1. The molecule has 154 valence electrons. The van der Waals surface area contributed by atoms with Gasteiger partial charge in [-0.1, -0.05) is 37.3 Å². The van der Waals surface area contributed by atoms with E-state index in [1.807, 2.05) is 0 Å². The minimum atomic E-state index is -0.115. The third-order valence-corrected chi connectivity index (χ3v) is 11.0. The van der Waals surface area contributed by atoms with Crippen LogP contribution in [0.3, 0.4) is 0 Å². The highest BCUT2D eigenvalue weighted by molar-refractivity contribution is 5.85. The van der Waals surface area contributed by atoms with E-state index in [0.29, 0.717) is 16.7 Å². The number of amides is 1. The maximum Gasteiger partial charge on any atom is 0.226 e. The quantitative estimate of drug-likeness (QED) is 0.836. The topological polar surface area (TPSA) is 32.3 Å². The van der Waals surface area contributed by atoms with E-state index in [4.69, 9.17) is 0 Å². The Hall–Kier alpha value is -1.35. The van der Waals surface area contributed by atoms with E-state index in [1.165, 1.54) is 44.5 Å². The number of benzene rings is 1. The highest BCUT2D eigenvalue weighted by Gasteiger charge is 2.83. The van der Waals surface area contributed by atoms with Crippen molar-refractivity contribution in [1.29, 1.82) is 0 Å². The van der Waals surface area contributed by atoms with Gasteiger partial charge >= 0.3 is 0 Å². The minimum Gasteiger partial charge on any atom is -0.350 e. The first-order valence-electron chi connectivity index (χ1n) is 12.0. The molecular formula is C26H34N2O. The molecule has 0 radical (unpaired) electrons. The first kappa shape index (κ1) is 17.3. The fraction of sp³-hybridized carbons (Fsp3) is 0.731. The highest BCUT2D eigenvalue weighted by atomic mass is 16.2. The van der Waals surface area contributed by atoms with E-state index in [-0.39, 0.29) is 16.4 Å². The van der Waals surface area contributed by atoms with Gasteiger partial charge in [-0.15, -0.1) is 0 Å². The van der Waals surface area contributed by atoms with Crippen molar-refractivity contribution in [2.45, 2.75) is 75.7 Å². The molecule has 5 bridgehead atoms. The van der Waals surface area contributed by atoms with E-state index in [2.05, 4.69) is 47.5 Å². The summed E-state index contributed by atoms with van der Waals surface area (Å²) in [6, 6.07) is 11.3. The Bertz CT molecular complexity index is 875. The first-order chi connectivity index (χ1) is 13.9. The molecule has 1 N–H and O–H groups in total. The van der Waals surface area contributed by atoms with Crippen LogP contribution < -0.4 is 5.32 Å². The second kappa shape index (κ2) is 5.10. The first-order valence-corrected chi connectivity index (χ1v) is 12.0. The molecule has 3 heteroatoms. The van der Waals surface area contributed by atoms with Crippen molar-refractivity contribution in [3.05, 3.63) is 35.9 Å². The van der Waals surface area contributed by atoms with Crippen LogP contribution in [0, 0.1) is 22.2 Å². The zero-order chi connectivity index (χ0) is 19.5. The predicted octanol–water partition coefficient (Wildman–Crippen LogP) is 4.27. The van der Waals surface area contributed by atoms with Crippen molar-refractivity contribution < 1.29 is 4.79 Å². The summed E-state index contributed by atoms with van der Waals surface area (Å²) in [4.78, 5) is 16.6. The summed E-state index contributed by atoms with van der Waals surface area (Å²) in [6.07, 6.45) is 10.9. The van der Waals surface area contributed by atoms with E-state index < -0.39 is 0 Å². The molecule has 1 spiro atoms. The molecule has 1 aromatic carbocycles. The van der Waals surface area contributed by atoms with Crippen molar-refractivity contribution in [2.75, 3.05) is 19.6 Å². The number of hydrogen-bond acceptors (Lipinski definition) is 2. The van der Waals surface area contributed by atoms with Gasteiger partial charge in [0.05, 0.1) is 5.41 Å². The van der Waals surface area contributed by atoms with Crippen LogP contribution in [0.25, 0.3) is 0 Å². The lowest BCUT2D eigenvalue weighted by Crippen LogP contribution is -2.63. The lowest BCUT2D eigenvalue weighted by molar-refractivity contribution is -0.138. The molecule has 5 atom stereocenters. The van der Waals surface area contributed by atoms with Crippen LogP contribution in [0.4, 0.5) is 0 Å². The van der Waals surface area contributed by atoms with Crippen LogP contribution in [0.5, 0.6) is 0 Å². The summed E-state index contributed by atoms with van der Waals surface area (Å²) in [5.41, 5.74) is 2.59. The Kier molecular flexibility index (Phi) is 3.05. The predicted molar refractivity (Wildman–Crippen MR) is 113 cm³/mol.